The number of hydrogen-bond acceptors (Lipinski definition) is 7. The Morgan fingerprint density at radius 1 is 1.22 bits per heavy atom. The Bertz CT molecular complexity index is 987. The highest BCUT2D eigenvalue weighted by Crippen LogP contribution is 2.35. The van der Waals surface area contributed by atoms with Crippen LogP contribution in [0.5, 0.6) is 11.5 Å². The molecule has 1 N–H and O–H groups in total. The van der Waals surface area contributed by atoms with Gasteiger partial charge in [-0.2, -0.15) is 0 Å². The molecule has 2 aromatic carbocycles. The van der Waals surface area contributed by atoms with E-state index in [1.165, 1.54) is 37.4 Å². The molecular weight excluding hydrogens is 376 g/mol. The molecule has 0 spiro atoms. The summed E-state index contributed by atoms with van der Waals surface area (Å²) in [6.07, 6.45) is 1.04. The maximum Gasteiger partial charge on any atom is 0.286 e. The zero-order valence-electron chi connectivity index (χ0n) is 14.9. The predicted octanol–water partition coefficient (Wildman–Crippen LogP) is 2.66. The van der Waals surface area contributed by atoms with Crippen LogP contribution in [-0.2, 0) is 9.84 Å². The minimum absolute atomic E-state index is 0.0135. The zero-order valence-corrected chi connectivity index (χ0v) is 15.7. The van der Waals surface area contributed by atoms with Crippen molar-refractivity contribution in [3.63, 3.8) is 0 Å². The van der Waals surface area contributed by atoms with Gasteiger partial charge < -0.3 is 14.8 Å². The molecule has 0 heterocycles. The van der Waals surface area contributed by atoms with Crippen LogP contribution in [0.4, 0.5) is 11.4 Å². The summed E-state index contributed by atoms with van der Waals surface area (Å²) in [5.74, 6) is -0.476. The van der Waals surface area contributed by atoms with Gasteiger partial charge in [0, 0.05) is 18.0 Å². The van der Waals surface area contributed by atoms with E-state index >= 15 is 0 Å². The number of nitro benzene ring substituents is 1. The highest BCUT2D eigenvalue weighted by molar-refractivity contribution is 7.90. The van der Waals surface area contributed by atoms with E-state index in [0.29, 0.717) is 0 Å². The molecule has 0 radical (unpaired) electrons. The number of nitrogens with zero attached hydrogens (tertiary/aromatic N) is 1. The summed E-state index contributed by atoms with van der Waals surface area (Å²) in [7, 11) is -2.14. The van der Waals surface area contributed by atoms with Gasteiger partial charge in [-0.3, -0.25) is 14.9 Å². The molecule has 9 nitrogen and oxygen atoms in total. The lowest BCUT2D eigenvalue weighted by molar-refractivity contribution is -0.385. The first-order valence-electron chi connectivity index (χ1n) is 7.78. The maximum absolute atomic E-state index is 12.6. The van der Waals surface area contributed by atoms with Crippen molar-refractivity contribution in [2.45, 2.75) is 11.8 Å². The molecule has 1 amide bonds. The van der Waals surface area contributed by atoms with Gasteiger partial charge in [0.2, 0.25) is 0 Å². The van der Waals surface area contributed by atoms with Crippen LogP contribution in [0.15, 0.2) is 41.3 Å². The summed E-state index contributed by atoms with van der Waals surface area (Å²) < 4.78 is 33.7. The lowest BCUT2D eigenvalue weighted by atomic mass is 10.1. The maximum atomic E-state index is 12.6. The van der Waals surface area contributed by atoms with Gasteiger partial charge >= 0.3 is 0 Å². The second-order valence-corrected chi connectivity index (χ2v) is 7.48. The van der Waals surface area contributed by atoms with Gasteiger partial charge in [0.1, 0.15) is 5.56 Å². The third-order valence-electron chi connectivity index (χ3n) is 3.54. The fourth-order valence-corrected chi connectivity index (χ4v) is 2.98. The van der Waals surface area contributed by atoms with Crippen LogP contribution in [0.2, 0.25) is 0 Å². The van der Waals surface area contributed by atoms with Crippen LogP contribution < -0.4 is 14.8 Å². The first kappa shape index (κ1) is 20.2. The minimum atomic E-state index is -3.47. The molecule has 144 valence electrons. The summed E-state index contributed by atoms with van der Waals surface area (Å²) >= 11 is 0. The van der Waals surface area contributed by atoms with E-state index in [-0.39, 0.29) is 34.3 Å². The van der Waals surface area contributed by atoms with Crippen molar-refractivity contribution in [2.75, 3.05) is 25.3 Å². The fourth-order valence-electron chi connectivity index (χ4n) is 2.31. The Kier molecular flexibility index (Phi) is 6.01. The summed E-state index contributed by atoms with van der Waals surface area (Å²) in [5, 5.41) is 13.8. The number of nitro groups is 1. The number of nitrogens with one attached hydrogen (secondary N) is 1. The first-order chi connectivity index (χ1) is 12.7. The van der Waals surface area contributed by atoms with Crippen molar-refractivity contribution < 1.29 is 27.6 Å². The fraction of sp³-hybridized carbons (Fsp3) is 0.235. The summed E-state index contributed by atoms with van der Waals surface area (Å²) in [6, 6.07) is 7.91. The average molecular weight is 394 g/mol. The van der Waals surface area contributed by atoms with E-state index < -0.39 is 26.4 Å². The SMILES string of the molecule is CCOc1cc(C(=O)Nc2cccc(S(C)(=O)=O)c2)c([N+](=O)[O-])cc1OC. The molecule has 27 heavy (non-hydrogen) atoms. The molecule has 0 atom stereocenters. The van der Waals surface area contributed by atoms with E-state index in [4.69, 9.17) is 9.47 Å². The number of ether oxygens (including phenoxy) is 2. The summed E-state index contributed by atoms with van der Waals surface area (Å²) in [4.78, 5) is 23.3. The van der Waals surface area contributed by atoms with Crippen LogP contribution in [0, 0.1) is 10.1 Å². The van der Waals surface area contributed by atoms with E-state index in [2.05, 4.69) is 5.32 Å². The lowest BCUT2D eigenvalue weighted by Crippen LogP contribution is -2.15. The van der Waals surface area contributed by atoms with E-state index in [1.54, 1.807) is 6.92 Å². The lowest BCUT2D eigenvalue weighted by Gasteiger charge is -2.12. The molecule has 0 saturated carbocycles. The van der Waals surface area contributed by atoms with Gasteiger partial charge in [0.05, 0.1) is 29.6 Å². The van der Waals surface area contributed by atoms with Crippen LogP contribution in [0.3, 0.4) is 0 Å². The van der Waals surface area contributed by atoms with Crippen molar-refractivity contribution in [1.82, 2.24) is 0 Å². The van der Waals surface area contributed by atoms with Crippen LogP contribution in [-0.4, -0.2) is 39.2 Å². The summed E-state index contributed by atoms with van der Waals surface area (Å²) in [5.41, 5.74) is -0.521. The van der Waals surface area contributed by atoms with Crippen molar-refractivity contribution in [3.8, 4) is 11.5 Å². The molecule has 10 heteroatoms. The Labute approximate surface area is 156 Å². The van der Waals surface area contributed by atoms with E-state index in [9.17, 15) is 23.3 Å². The number of benzene rings is 2. The first-order valence-corrected chi connectivity index (χ1v) is 9.67. The minimum Gasteiger partial charge on any atom is -0.493 e. The largest absolute Gasteiger partial charge is 0.493 e. The monoisotopic (exact) mass is 394 g/mol. The van der Waals surface area contributed by atoms with Gasteiger partial charge in [0.15, 0.2) is 21.3 Å². The van der Waals surface area contributed by atoms with Gasteiger partial charge in [-0.05, 0) is 25.1 Å². The highest BCUT2D eigenvalue weighted by Gasteiger charge is 2.25. The molecule has 0 aromatic heterocycles. The van der Waals surface area contributed by atoms with Crippen molar-refractivity contribution in [2.24, 2.45) is 0 Å². The number of methoxy groups -OCH3 is 1. The second kappa shape index (κ2) is 8.04. The van der Waals surface area contributed by atoms with Crippen molar-refractivity contribution in [3.05, 3.63) is 52.1 Å². The van der Waals surface area contributed by atoms with Gasteiger partial charge in [-0.15, -0.1) is 0 Å². The van der Waals surface area contributed by atoms with Crippen LogP contribution >= 0.6 is 0 Å². The molecule has 2 aromatic rings. The molecule has 0 aliphatic rings. The van der Waals surface area contributed by atoms with Gasteiger partial charge in [-0.25, -0.2) is 8.42 Å². The molecular formula is C17H18N2O7S. The van der Waals surface area contributed by atoms with Crippen molar-refractivity contribution >= 4 is 27.1 Å². The molecule has 0 saturated heterocycles. The molecule has 0 aliphatic heterocycles. The average Bonchev–Trinajstić information content (AvgIpc) is 2.61. The third kappa shape index (κ3) is 4.73. The number of anilines is 1. The molecule has 2 rings (SSSR count). The Balaban J connectivity index is 2.46. The summed E-state index contributed by atoms with van der Waals surface area (Å²) in [6.45, 7) is 1.99. The van der Waals surface area contributed by atoms with Crippen molar-refractivity contribution in [1.29, 1.82) is 0 Å². The number of hydrogen-bond donors (Lipinski definition) is 1. The second-order valence-electron chi connectivity index (χ2n) is 5.46. The van der Waals surface area contributed by atoms with E-state index in [0.717, 1.165) is 12.3 Å². The number of rotatable bonds is 7. The van der Waals surface area contributed by atoms with E-state index in [1.807, 2.05) is 0 Å². The standard InChI is InChI=1S/C17H18N2O7S/c1-4-26-16-9-13(14(19(21)22)10-15(16)25-2)17(20)18-11-6-5-7-12(8-11)27(3,23)24/h5-10H,4H2,1-3H3,(H,18,20). The smallest absolute Gasteiger partial charge is 0.286 e. The number of sulfone groups is 1. The molecule has 0 unspecified atom stereocenters. The van der Waals surface area contributed by atoms with Gasteiger partial charge in [-0.1, -0.05) is 6.07 Å². The molecule has 0 fully saturated rings. The number of carbonyl (C=O) groups is 1. The number of carbonyl (C=O) groups excluding carboxylic acids is 1. The zero-order chi connectivity index (χ0) is 20.2. The highest BCUT2D eigenvalue weighted by atomic mass is 32.2. The molecule has 0 aliphatic carbocycles. The Morgan fingerprint density at radius 3 is 2.48 bits per heavy atom. The predicted molar refractivity (Wildman–Crippen MR) is 98.3 cm³/mol. The molecule has 0 bridgehead atoms. The van der Waals surface area contributed by atoms with Gasteiger partial charge in [0.25, 0.3) is 11.6 Å². The Hall–Kier alpha value is -3.14. The Morgan fingerprint density at radius 2 is 1.93 bits per heavy atom. The van der Waals surface area contributed by atoms with Crippen LogP contribution in [0.1, 0.15) is 17.3 Å². The number of amides is 1. The topological polar surface area (TPSA) is 125 Å². The third-order valence-corrected chi connectivity index (χ3v) is 4.65. The quantitative estimate of drug-likeness (QED) is 0.565. The normalized spacial score (nSPS) is 10.9. The van der Waals surface area contributed by atoms with Crippen LogP contribution in [0.25, 0.3) is 0 Å².